The average Bonchev–Trinajstić information content (AvgIpc) is 3.27. The summed E-state index contributed by atoms with van der Waals surface area (Å²) in [4.78, 5) is 18.9. The Morgan fingerprint density at radius 3 is 2.58 bits per heavy atom. The van der Waals surface area contributed by atoms with E-state index in [-0.39, 0.29) is 29.8 Å². The second-order valence-corrected chi connectivity index (χ2v) is 10.7. The lowest BCUT2D eigenvalue weighted by molar-refractivity contribution is 0.00799. The molecule has 9 heteroatoms. The first-order chi connectivity index (χ1) is 17.1. The van der Waals surface area contributed by atoms with Gasteiger partial charge < -0.3 is 4.74 Å². The SMILES string of the molecule is CCOC(=O)c1csc([C@@H](c2ccc(Cl)cc2)N2CC([C@H](c3cc(F)cc(C#N)c3)C(C)(C)F)C2)n1. The van der Waals surface area contributed by atoms with E-state index < -0.39 is 23.4 Å². The predicted octanol–water partition coefficient (Wildman–Crippen LogP) is 6.54. The van der Waals surface area contributed by atoms with Crippen LogP contribution in [0.1, 0.15) is 64.9 Å². The molecule has 5 nitrogen and oxygen atoms in total. The minimum atomic E-state index is -1.63. The predicted molar refractivity (Wildman–Crippen MR) is 135 cm³/mol. The maximum absolute atomic E-state index is 15.5. The van der Waals surface area contributed by atoms with Crippen molar-refractivity contribution in [3.05, 3.63) is 86.1 Å². The first-order valence-electron chi connectivity index (χ1n) is 11.6. The van der Waals surface area contributed by atoms with Gasteiger partial charge in [0, 0.05) is 29.4 Å². The number of aromatic nitrogens is 1. The number of benzene rings is 2. The van der Waals surface area contributed by atoms with Crippen LogP contribution in [0.5, 0.6) is 0 Å². The van der Waals surface area contributed by atoms with Crippen LogP contribution in [0.25, 0.3) is 0 Å². The number of nitrogens with zero attached hydrogens (tertiary/aromatic N) is 3. The Morgan fingerprint density at radius 1 is 1.28 bits per heavy atom. The number of carbonyl (C=O) groups excluding carboxylic acids is 1. The molecule has 1 aliphatic rings. The highest BCUT2D eigenvalue weighted by atomic mass is 35.5. The van der Waals surface area contributed by atoms with E-state index in [0.29, 0.717) is 28.7 Å². The van der Waals surface area contributed by atoms with E-state index in [4.69, 9.17) is 16.3 Å². The molecule has 1 aliphatic heterocycles. The van der Waals surface area contributed by atoms with Gasteiger partial charge in [0.05, 0.1) is 24.3 Å². The molecule has 0 spiro atoms. The minimum Gasteiger partial charge on any atom is -0.461 e. The van der Waals surface area contributed by atoms with Crippen LogP contribution in [0, 0.1) is 23.1 Å². The van der Waals surface area contributed by atoms with Crippen LogP contribution >= 0.6 is 22.9 Å². The van der Waals surface area contributed by atoms with Gasteiger partial charge in [-0.2, -0.15) is 5.26 Å². The van der Waals surface area contributed by atoms with Crippen molar-refractivity contribution in [2.45, 2.75) is 38.4 Å². The highest BCUT2D eigenvalue weighted by Gasteiger charge is 2.46. The molecule has 188 valence electrons. The summed E-state index contributed by atoms with van der Waals surface area (Å²) in [7, 11) is 0. The number of hydrogen-bond acceptors (Lipinski definition) is 6. The van der Waals surface area contributed by atoms with Crippen LogP contribution in [0.4, 0.5) is 8.78 Å². The van der Waals surface area contributed by atoms with Crippen molar-refractivity contribution in [1.29, 1.82) is 5.26 Å². The molecule has 0 aliphatic carbocycles. The smallest absolute Gasteiger partial charge is 0.357 e. The number of halogens is 3. The Bertz CT molecular complexity index is 1280. The van der Waals surface area contributed by atoms with Crippen molar-refractivity contribution in [1.82, 2.24) is 9.88 Å². The lowest BCUT2D eigenvalue weighted by atomic mass is 9.72. The molecule has 0 bridgehead atoms. The summed E-state index contributed by atoms with van der Waals surface area (Å²) in [6.07, 6.45) is 0. The number of ether oxygens (including phenoxy) is 1. The molecule has 4 rings (SSSR count). The molecule has 0 unspecified atom stereocenters. The lowest BCUT2D eigenvalue weighted by Gasteiger charge is -2.49. The van der Waals surface area contributed by atoms with Gasteiger partial charge >= 0.3 is 5.97 Å². The molecule has 1 aromatic heterocycles. The zero-order valence-electron chi connectivity index (χ0n) is 20.2. The summed E-state index contributed by atoms with van der Waals surface area (Å²) in [6, 6.07) is 13.1. The van der Waals surface area contributed by atoms with Gasteiger partial charge in [-0.05, 0) is 68.1 Å². The van der Waals surface area contributed by atoms with E-state index in [0.717, 1.165) is 11.6 Å². The van der Waals surface area contributed by atoms with Crippen LogP contribution in [0.2, 0.25) is 5.02 Å². The van der Waals surface area contributed by atoms with Crippen molar-refractivity contribution >= 4 is 28.9 Å². The molecule has 2 heterocycles. The van der Waals surface area contributed by atoms with Gasteiger partial charge in [-0.3, -0.25) is 4.90 Å². The number of alkyl halides is 1. The molecule has 1 fully saturated rings. The average molecular weight is 530 g/mol. The molecule has 2 atom stereocenters. The van der Waals surface area contributed by atoms with Crippen molar-refractivity contribution in [2.24, 2.45) is 5.92 Å². The number of likely N-dealkylation sites (tertiary alicyclic amines) is 1. The van der Waals surface area contributed by atoms with Crippen LogP contribution in [0.15, 0.2) is 47.8 Å². The fourth-order valence-corrected chi connectivity index (χ4v) is 6.00. The second kappa shape index (κ2) is 10.6. The van der Waals surface area contributed by atoms with Crippen molar-refractivity contribution in [2.75, 3.05) is 19.7 Å². The van der Waals surface area contributed by atoms with Crippen molar-refractivity contribution in [3.8, 4) is 6.07 Å². The summed E-state index contributed by atoms with van der Waals surface area (Å²) in [5, 5.41) is 12.3. The highest BCUT2D eigenvalue weighted by Crippen LogP contribution is 2.46. The minimum absolute atomic E-state index is 0.113. The summed E-state index contributed by atoms with van der Waals surface area (Å²) < 4.78 is 34.8. The van der Waals surface area contributed by atoms with E-state index in [9.17, 15) is 14.4 Å². The first-order valence-corrected chi connectivity index (χ1v) is 12.9. The molecule has 0 amide bonds. The molecule has 1 saturated heterocycles. The van der Waals surface area contributed by atoms with E-state index in [1.807, 2.05) is 18.2 Å². The number of carbonyl (C=O) groups is 1. The molecular weight excluding hydrogens is 504 g/mol. The van der Waals surface area contributed by atoms with Crippen LogP contribution in [-0.4, -0.2) is 41.2 Å². The van der Waals surface area contributed by atoms with Gasteiger partial charge in [0.2, 0.25) is 0 Å². The maximum Gasteiger partial charge on any atom is 0.357 e. The Hall–Kier alpha value is -2.86. The monoisotopic (exact) mass is 529 g/mol. The third-order valence-electron chi connectivity index (χ3n) is 6.35. The number of thiazole rings is 1. The fraction of sp³-hybridized carbons (Fsp3) is 0.370. The Balaban J connectivity index is 1.64. The number of esters is 1. The summed E-state index contributed by atoms with van der Waals surface area (Å²) in [6.45, 7) is 6.02. The standard InChI is InChI=1S/C27H26ClF2N3O2S/c1-4-35-26(34)22-15-36-25(32-22)24(17-5-7-20(28)8-6-17)33-13-19(14-33)23(27(2,3)30)18-9-16(12-31)10-21(29)11-18/h5-11,15,19,23-24H,4,13-14H2,1-3H3/t23-,24+/m0/s1. The zero-order valence-corrected chi connectivity index (χ0v) is 21.7. The van der Waals surface area contributed by atoms with Crippen LogP contribution < -0.4 is 0 Å². The number of nitriles is 1. The summed E-state index contributed by atoms with van der Waals surface area (Å²) in [5.41, 5.74) is 0.204. The molecule has 0 N–H and O–H groups in total. The van der Waals surface area contributed by atoms with Gasteiger partial charge in [-0.1, -0.05) is 23.7 Å². The largest absolute Gasteiger partial charge is 0.461 e. The van der Waals surface area contributed by atoms with Gasteiger partial charge in [0.25, 0.3) is 0 Å². The Kier molecular flexibility index (Phi) is 7.74. The normalized spacial score (nSPS) is 16.1. The van der Waals surface area contributed by atoms with E-state index in [1.165, 1.54) is 31.3 Å². The molecular formula is C27H26ClF2N3O2S. The topological polar surface area (TPSA) is 66.2 Å². The molecule has 0 saturated carbocycles. The zero-order chi connectivity index (χ0) is 26.0. The third kappa shape index (κ3) is 5.59. The van der Waals surface area contributed by atoms with E-state index >= 15 is 4.39 Å². The summed E-state index contributed by atoms with van der Waals surface area (Å²) in [5.74, 6) is -1.75. The number of rotatable bonds is 8. The van der Waals surface area contributed by atoms with Gasteiger partial charge in [0.15, 0.2) is 5.69 Å². The molecule has 0 radical (unpaired) electrons. The number of hydrogen-bond donors (Lipinski definition) is 0. The van der Waals surface area contributed by atoms with Gasteiger partial charge in [-0.25, -0.2) is 18.6 Å². The van der Waals surface area contributed by atoms with Crippen LogP contribution in [-0.2, 0) is 4.74 Å². The fourth-order valence-electron chi connectivity index (χ4n) is 4.92. The Morgan fingerprint density at radius 2 is 1.97 bits per heavy atom. The quantitative estimate of drug-likeness (QED) is 0.310. The van der Waals surface area contributed by atoms with Gasteiger partial charge in [-0.15, -0.1) is 11.3 Å². The highest BCUT2D eigenvalue weighted by molar-refractivity contribution is 7.10. The van der Waals surface area contributed by atoms with E-state index in [2.05, 4.69) is 9.88 Å². The first kappa shape index (κ1) is 26.2. The lowest BCUT2D eigenvalue weighted by Crippen LogP contribution is -2.53. The maximum atomic E-state index is 15.5. The Labute approximate surface area is 218 Å². The summed E-state index contributed by atoms with van der Waals surface area (Å²) >= 11 is 7.47. The molecule has 36 heavy (non-hydrogen) atoms. The van der Waals surface area contributed by atoms with E-state index in [1.54, 1.807) is 30.5 Å². The second-order valence-electron chi connectivity index (χ2n) is 9.39. The third-order valence-corrected chi connectivity index (χ3v) is 7.50. The molecule has 2 aromatic carbocycles. The van der Waals surface area contributed by atoms with Crippen LogP contribution in [0.3, 0.4) is 0 Å². The van der Waals surface area contributed by atoms with Crippen molar-refractivity contribution in [3.63, 3.8) is 0 Å². The van der Waals surface area contributed by atoms with Gasteiger partial charge in [0.1, 0.15) is 16.5 Å². The van der Waals surface area contributed by atoms with Crippen molar-refractivity contribution < 1.29 is 18.3 Å². The molecule has 3 aromatic rings.